The van der Waals surface area contributed by atoms with Crippen LogP contribution in [0.1, 0.15) is 5.56 Å². The summed E-state index contributed by atoms with van der Waals surface area (Å²) in [6.07, 6.45) is -4.61. The molecule has 0 atom stereocenters. The molecule has 78 valence electrons. The van der Waals surface area contributed by atoms with Gasteiger partial charge in [-0.15, -0.1) is 25.6 Å². The molecule has 1 aromatic rings. The highest BCUT2D eigenvalue weighted by Gasteiger charge is 2.26. The molecule has 0 aliphatic heterocycles. The number of benzene rings is 1. The van der Waals surface area contributed by atoms with Gasteiger partial charge in [0.15, 0.2) is 0 Å². The Hall–Kier alpha value is -1.23. The first-order valence-corrected chi connectivity index (χ1v) is 3.46. The van der Waals surface area contributed by atoms with Crippen LogP contribution >= 0.6 is 12.4 Å². The van der Waals surface area contributed by atoms with Gasteiger partial charge in [-0.1, -0.05) is 30.3 Å². The number of nitrogens with zero attached hydrogens (tertiary/aromatic N) is 1. The van der Waals surface area contributed by atoms with E-state index < -0.39 is 12.1 Å². The van der Waals surface area contributed by atoms with Crippen molar-refractivity contribution in [2.75, 3.05) is 0 Å². The number of aliphatic imine (C=N–C) groups is 1. The molecule has 0 radical (unpaired) electrons. The Bertz CT molecular complexity index is 308. The lowest BCUT2D eigenvalue weighted by Crippen LogP contribution is -2.18. The molecule has 2 N–H and O–H groups in total. The van der Waals surface area contributed by atoms with Gasteiger partial charge in [0.25, 0.3) is 0 Å². The summed E-state index contributed by atoms with van der Waals surface area (Å²) in [5, 5.41) is 0. The van der Waals surface area contributed by atoms with Crippen LogP contribution in [-0.2, 0) is 0 Å². The predicted octanol–water partition coefficient (Wildman–Crippen LogP) is 2.33. The maximum atomic E-state index is 11.7. The zero-order chi connectivity index (χ0) is 9.90. The van der Waals surface area contributed by atoms with E-state index in [-0.39, 0.29) is 18.0 Å². The van der Waals surface area contributed by atoms with E-state index in [1.54, 1.807) is 18.2 Å². The molecule has 6 heteroatoms. The summed E-state index contributed by atoms with van der Waals surface area (Å²) in [6, 6.07) is 7.79. The fourth-order valence-corrected chi connectivity index (χ4v) is 0.810. The number of hydrogen-bond donors (Lipinski definition) is 1. The minimum atomic E-state index is -4.61. The van der Waals surface area contributed by atoms with E-state index in [0.717, 1.165) is 0 Å². The average molecular weight is 225 g/mol. The first-order valence-electron chi connectivity index (χ1n) is 3.46. The smallest absolute Gasteiger partial charge is 0.383 e. The molecule has 0 amide bonds. The van der Waals surface area contributed by atoms with Crippen LogP contribution in [0.5, 0.6) is 0 Å². The van der Waals surface area contributed by atoms with Gasteiger partial charge in [0, 0.05) is 5.56 Å². The summed E-state index contributed by atoms with van der Waals surface area (Å²) in [4.78, 5) is 2.37. The lowest BCUT2D eigenvalue weighted by Gasteiger charge is -2.02. The lowest BCUT2D eigenvalue weighted by atomic mass is 10.2. The molecule has 14 heavy (non-hydrogen) atoms. The fourth-order valence-electron chi connectivity index (χ4n) is 0.810. The Morgan fingerprint density at radius 3 is 2.07 bits per heavy atom. The molecular formula is C8H8ClF3N2. The molecule has 0 saturated heterocycles. The van der Waals surface area contributed by atoms with Crippen molar-refractivity contribution in [3.8, 4) is 0 Å². The van der Waals surface area contributed by atoms with Crippen molar-refractivity contribution in [2.45, 2.75) is 6.30 Å². The summed E-state index contributed by atoms with van der Waals surface area (Å²) >= 11 is 0. The number of rotatable bonds is 1. The van der Waals surface area contributed by atoms with Crippen LogP contribution in [0.25, 0.3) is 0 Å². The van der Waals surface area contributed by atoms with E-state index >= 15 is 0 Å². The van der Waals surface area contributed by atoms with Gasteiger partial charge in [-0.05, 0) is 0 Å². The first-order chi connectivity index (χ1) is 5.99. The first kappa shape index (κ1) is 12.8. The third-order valence-electron chi connectivity index (χ3n) is 1.32. The summed E-state index contributed by atoms with van der Waals surface area (Å²) in [5.41, 5.74) is 5.37. The van der Waals surface area contributed by atoms with Crippen LogP contribution < -0.4 is 5.73 Å². The standard InChI is InChI=1S/C8H7F3N2.ClH/c9-8(10,11)13-7(12)6-4-2-1-3-5-6;/h1-5H,(H2,12,13);1H. The van der Waals surface area contributed by atoms with Crippen LogP contribution in [0.4, 0.5) is 13.2 Å². The second kappa shape index (κ2) is 4.85. The third kappa shape index (κ3) is 4.13. The highest BCUT2D eigenvalue weighted by atomic mass is 35.5. The minimum absolute atomic E-state index is 0. The number of halogens is 4. The largest absolute Gasteiger partial charge is 0.505 e. The summed E-state index contributed by atoms with van der Waals surface area (Å²) in [6.45, 7) is 0. The maximum absolute atomic E-state index is 11.7. The Kier molecular flexibility index (Phi) is 4.43. The molecule has 1 rings (SSSR count). The van der Waals surface area contributed by atoms with Crippen LogP contribution in [-0.4, -0.2) is 12.1 Å². The molecule has 0 aliphatic carbocycles. The van der Waals surface area contributed by atoms with Crippen LogP contribution in [0.15, 0.2) is 35.3 Å². The van der Waals surface area contributed by atoms with Gasteiger partial charge >= 0.3 is 6.30 Å². The predicted molar refractivity (Wildman–Crippen MR) is 50.5 cm³/mol. The van der Waals surface area contributed by atoms with Crippen LogP contribution in [0, 0.1) is 0 Å². The number of hydrogen-bond acceptors (Lipinski definition) is 1. The van der Waals surface area contributed by atoms with Gasteiger partial charge in [-0.2, -0.15) is 4.99 Å². The number of alkyl halides is 3. The van der Waals surface area contributed by atoms with Gasteiger partial charge in [0.1, 0.15) is 5.84 Å². The number of nitrogens with two attached hydrogens (primary N) is 1. The average Bonchev–Trinajstić information content (AvgIpc) is 2.03. The zero-order valence-electron chi connectivity index (χ0n) is 6.95. The second-order valence-electron chi connectivity index (χ2n) is 2.33. The van der Waals surface area contributed by atoms with Crippen molar-refractivity contribution < 1.29 is 13.2 Å². The van der Waals surface area contributed by atoms with Gasteiger partial charge in [-0.3, -0.25) is 0 Å². The maximum Gasteiger partial charge on any atom is 0.505 e. The number of amidine groups is 1. The van der Waals surface area contributed by atoms with Crippen LogP contribution in [0.2, 0.25) is 0 Å². The monoisotopic (exact) mass is 224 g/mol. The molecule has 1 aromatic carbocycles. The van der Waals surface area contributed by atoms with Crippen LogP contribution in [0.3, 0.4) is 0 Å². The summed E-state index contributed by atoms with van der Waals surface area (Å²) in [5.74, 6) is -0.520. The molecule has 0 bridgehead atoms. The summed E-state index contributed by atoms with van der Waals surface area (Å²) in [7, 11) is 0. The minimum Gasteiger partial charge on any atom is -0.383 e. The molecule has 0 unspecified atom stereocenters. The highest BCUT2D eigenvalue weighted by Crippen LogP contribution is 2.16. The zero-order valence-corrected chi connectivity index (χ0v) is 7.77. The highest BCUT2D eigenvalue weighted by molar-refractivity contribution is 5.97. The lowest BCUT2D eigenvalue weighted by molar-refractivity contribution is -0.119. The molecule has 0 aromatic heterocycles. The molecule has 0 aliphatic rings. The summed E-state index contributed by atoms with van der Waals surface area (Å²) < 4.78 is 35.2. The van der Waals surface area contributed by atoms with Crippen molar-refractivity contribution in [1.82, 2.24) is 0 Å². The molecule has 0 heterocycles. The Balaban J connectivity index is 0.00000169. The van der Waals surface area contributed by atoms with Crippen molar-refractivity contribution in [1.29, 1.82) is 0 Å². The molecule has 2 nitrogen and oxygen atoms in total. The molecule has 0 saturated carbocycles. The second-order valence-corrected chi connectivity index (χ2v) is 2.33. The Morgan fingerprint density at radius 1 is 1.14 bits per heavy atom. The van der Waals surface area contributed by atoms with Crippen molar-refractivity contribution >= 4 is 18.2 Å². The van der Waals surface area contributed by atoms with E-state index in [9.17, 15) is 13.2 Å². The van der Waals surface area contributed by atoms with Gasteiger partial charge in [-0.25, -0.2) is 0 Å². The Morgan fingerprint density at radius 2 is 1.64 bits per heavy atom. The Labute approximate surface area is 85.0 Å². The topological polar surface area (TPSA) is 38.4 Å². The van der Waals surface area contributed by atoms with E-state index in [1.807, 2.05) is 0 Å². The van der Waals surface area contributed by atoms with Crippen molar-refractivity contribution in [2.24, 2.45) is 10.7 Å². The van der Waals surface area contributed by atoms with E-state index in [4.69, 9.17) is 5.73 Å². The SMILES string of the molecule is Cl.NC(=NC(F)(F)F)c1ccccc1. The normalized spacial score (nSPS) is 12.1. The van der Waals surface area contributed by atoms with Gasteiger partial charge in [0.05, 0.1) is 0 Å². The van der Waals surface area contributed by atoms with E-state index in [2.05, 4.69) is 4.99 Å². The fraction of sp³-hybridized carbons (Fsp3) is 0.125. The molecular weight excluding hydrogens is 217 g/mol. The third-order valence-corrected chi connectivity index (χ3v) is 1.32. The van der Waals surface area contributed by atoms with E-state index in [0.29, 0.717) is 0 Å². The van der Waals surface area contributed by atoms with E-state index in [1.165, 1.54) is 12.1 Å². The van der Waals surface area contributed by atoms with Crippen molar-refractivity contribution in [3.05, 3.63) is 35.9 Å². The molecule has 0 fully saturated rings. The van der Waals surface area contributed by atoms with Gasteiger partial charge in [0.2, 0.25) is 0 Å². The quantitative estimate of drug-likeness (QED) is 0.444. The van der Waals surface area contributed by atoms with Gasteiger partial charge < -0.3 is 5.73 Å². The van der Waals surface area contributed by atoms with Crippen molar-refractivity contribution in [3.63, 3.8) is 0 Å². The molecule has 0 spiro atoms.